The molecule has 0 saturated carbocycles. The van der Waals surface area contributed by atoms with E-state index in [4.69, 9.17) is 0 Å². The zero-order valence-corrected chi connectivity index (χ0v) is 16.4. The molecule has 1 amide bonds. The highest BCUT2D eigenvalue weighted by molar-refractivity contribution is 7.89. The van der Waals surface area contributed by atoms with E-state index < -0.39 is 10.0 Å². The Labute approximate surface area is 160 Å². The van der Waals surface area contributed by atoms with E-state index in [0.29, 0.717) is 24.1 Å². The van der Waals surface area contributed by atoms with Crippen molar-refractivity contribution in [1.29, 1.82) is 0 Å². The molecule has 0 aliphatic heterocycles. The molecule has 0 aliphatic carbocycles. The van der Waals surface area contributed by atoms with Crippen LogP contribution in [0.15, 0.2) is 53.4 Å². The molecule has 146 valence electrons. The lowest BCUT2D eigenvalue weighted by Crippen LogP contribution is -2.26. The van der Waals surface area contributed by atoms with Crippen molar-refractivity contribution in [2.45, 2.75) is 37.5 Å². The molecule has 2 rings (SSSR count). The van der Waals surface area contributed by atoms with Gasteiger partial charge in [-0.3, -0.25) is 4.79 Å². The summed E-state index contributed by atoms with van der Waals surface area (Å²) in [5, 5.41) is 11.9. The zero-order valence-electron chi connectivity index (χ0n) is 15.6. The van der Waals surface area contributed by atoms with Gasteiger partial charge in [-0.25, -0.2) is 13.1 Å². The van der Waals surface area contributed by atoms with Crippen molar-refractivity contribution in [1.82, 2.24) is 4.72 Å². The number of aliphatic hydroxyl groups is 1. The smallest absolute Gasteiger partial charge is 0.240 e. The van der Waals surface area contributed by atoms with Gasteiger partial charge >= 0.3 is 0 Å². The van der Waals surface area contributed by atoms with Crippen LogP contribution in [-0.4, -0.2) is 32.6 Å². The van der Waals surface area contributed by atoms with Crippen LogP contribution >= 0.6 is 0 Å². The largest absolute Gasteiger partial charge is 0.396 e. The van der Waals surface area contributed by atoms with Crippen molar-refractivity contribution < 1.29 is 18.3 Å². The molecule has 7 heteroatoms. The van der Waals surface area contributed by atoms with Gasteiger partial charge in [-0.2, -0.15) is 0 Å². The highest BCUT2D eigenvalue weighted by Gasteiger charge is 2.18. The fourth-order valence-corrected chi connectivity index (χ4v) is 4.31. The number of rotatable bonds is 9. The SMILES string of the molecule is CC(=O)Nc1ccc(S(=O)(=O)NCCC(CCO)c2ccccc2)c(C)c1. The Morgan fingerprint density at radius 3 is 2.41 bits per heavy atom. The maximum absolute atomic E-state index is 12.6. The van der Waals surface area contributed by atoms with Crippen molar-refractivity contribution >= 4 is 21.6 Å². The van der Waals surface area contributed by atoms with Crippen LogP contribution in [0.25, 0.3) is 0 Å². The Bertz CT molecular complexity index is 867. The number of sulfonamides is 1. The Kier molecular flexibility index (Phi) is 7.53. The first-order chi connectivity index (χ1) is 12.8. The average molecular weight is 391 g/mol. The summed E-state index contributed by atoms with van der Waals surface area (Å²) >= 11 is 0. The number of hydrogen-bond donors (Lipinski definition) is 3. The normalized spacial score (nSPS) is 12.6. The highest BCUT2D eigenvalue weighted by Crippen LogP contribution is 2.23. The summed E-state index contributed by atoms with van der Waals surface area (Å²) in [6, 6.07) is 14.5. The Hall–Kier alpha value is -2.22. The molecular formula is C20H26N2O4S. The van der Waals surface area contributed by atoms with E-state index >= 15 is 0 Å². The van der Waals surface area contributed by atoms with Crippen LogP contribution in [0.3, 0.4) is 0 Å². The van der Waals surface area contributed by atoms with Crippen LogP contribution in [0, 0.1) is 6.92 Å². The maximum Gasteiger partial charge on any atom is 0.240 e. The average Bonchev–Trinajstić information content (AvgIpc) is 2.61. The fraction of sp³-hybridized carbons (Fsp3) is 0.350. The van der Waals surface area contributed by atoms with Gasteiger partial charge in [-0.05, 0) is 55.0 Å². The molecule has 3 N–H and O–H groups in total. The van der Waals surface area contributed by atoms with Gasteiger partial charge in [0.15, 0.2) is 0 Å². The summed E-state index contributed by atoms with van der Waals surface area (Å²) in [6.07, 6.45) is 1.17. The summed E-state index contributed by atoms with van der Waals surface area (Å²) in [4.78, 5) is 11.3. The molecular weight excluding hydrogens is 364 g/mol. The van der Waals surface area contributed by atoms with Crippen LogP contribution in [-0.2, 0) is 14.8 Å². The third kappa shape index (κ3) is 6.16. The maximum atomic E-state index is 12.6. The summed E-state index contributed by atoms with van der Waals surface area (Å²) < 4.78 is 27.9. The molecule has 0 bridgehead atoms. The molecule has 1 unspecified atom stereocenters. The van der Waals surface area contributed by atoms with Crippen molar-refractivity contribution in [2.75, 3.05) is 18.5 Å². The minimum Gasteiger partial charge on any atom is -0.396 e. The van der Waals surface area contributed by atoms with Gasteiger partial charge in [0.05, 0.1) is 4.90 Å². The van der Waals surface area contributed by atoms with Gasteiger partial charge in [0.1, 0.15) is 0 Å². The molecule has 0 radical (unpaired) electrons. The van der Waals surface area contributed by atoms with E-state index in [-0.39, 0.29) is 29.9 Å². The zero-order chi connectivity index (χ0) is 19.9. The lowest BCUT2D eigenvalue weighted by Gasteiger charge is -2.17. The summed E-state index contributed by atoms with van der Waals surface area (Å²) in [7, 11) is -3.65. The number of carbonyl (C=O) groups excluding carboxylic acids is 1. The van der Waals surface area contributed by atoms with Gasteiger partial charge in [0.2, 0.25) is 15.9 Å². The van der Waals surface area contributed by atoms with Gasteiger partial charge in [-0.1, -0.05) is 30.3 Å². The molecule has 0 spiro atoms. The first-order valence-corrected chi connectivity index (χ1v) is 10.4. The van der Waals surface area contributed by atoms with E-state index in [9.17, 15) is 18.3 Å². The summed E-state index contributed by atoms with van der Waals surface area (Å²) in [5.74, 6) is -0.124. The van der Waals surface area contributed by atoms with Crippen molar-refractivity contribution in [3.63, 3.8) is 0 Å². The molecule has 27 heavy (non-hydrogen) atoms. The quantitative estimate of drug-likeness (QED) is 0.613. The van der Waals surface area contributed by atoms with E-state index in [1.165, 1.54) is 13.0 Å². The minimum atomic E-state index is -3.65. The second-order valence-electron chi connectivity index (χ2n) is 6.47. The Morgan fingerprint density at radius 2 is 1.81 bits per heavy atom. The second kappa shape index (κ2) is 9.64. The number of benzene rings is 2. The first-order valence-electron chi connectivity index (χ1n) is 8.87. The number of aryl methyl sites for hydroxylation is 1. The molecule has 2 aromatic carbocycles. The lowest BCUT2D eigenvalue weighted by atomic mass is 9.93. The standard InChI is InChI=1S/C20H26N2O4S/c1-15-14-19(22-16(2)24)8-9-20(15)27(25,26)21-12-10-18(11-13-23)17-6-4-3-5-7-17/h3-9,14,18,21,23H,10-13H2,1-2H3,(H,22,24). The fourth-order valence-electron chi connectivity index (χ4n) is 3.04. The molecule has 0 aromatic heterocycles. The van der Waals surface area contributed by atoms with Crippen molar-refractivity contribution in [3.05, 3.63) is 59.7 Å². The number of carbonyl (C=O) groups is 1. The van der Waals surface area contributed by atoms with E-state index in [0.717, 1.165) is 5.56 Å². The lowest BCUT2D eigenvalue weighted by molar-refractivity contribution is -0.114. The minimum absolute atomic E-state index is 0.0516. The van der Waals surface area contributed by atoms with Crippen LogP contribution in [0.4, 0.5) is 5.69 Å². The van der Waals surface area contributed by atoms with Crippen LogP contribution in [0.1, 0.15) is 36.8 Å². The molecule has 0 saturated heterocycles. The number of aliphatic hydroxyl groups excluding tert-OH is 1. The van der Waals surface area contributed by atoms with Crippen LogP contribution in [0.2, 0.25) is 0 Å². The molecule has 1 atom stereocenters. The summed E-state index contributed by atoms with van der Waals surface area (Å²) in [6.45, 7) is 3.42. The van der Waals surface area contributed by atoms with E-state index in [1.807, 2.05) is 30.3 Å². The highest BCUT2D eigenvalue weighted by atomic mass is 32.2. The van der Waals surface area contributed by atoms with Gasteiger partial charge < -0.3 is 10.4 Å². The third-order valence-corrected chi connectivity index (χ3v) is 5.94. The van der Waals surface area contributed by atoms with Gasteiger partial charge in [-0.15, -0.1) is 0 Å². The molecule has 2 aromatic rings. The van der Waals surface area contributed by atoms with Gasteiger partial charge in [0, 0.05) is 25.8 Å². The van der Waals surface area contributed by atoms with Crippen molar-refractivity contribution in [3.8, 4) is 0 Å². The van der Waals surface area contributed by atoms with E-state index in [2.05, 4.69) is 10.0 Å². The number of hydrogen-bond acceptors (Lipinski definition) is 4. The molecule has 0 fully saturated rings. The summed E-state index contributed by atoms with van der Waals surface area (Å²) in [5.41, 5.74) is 2.20. The number of amides is 1. The number of anilines is 1. The van der Waals surface area contributed by atoms with Crippen LogP contribution < -0.4 is 10.0 Å². The molecule has 0 aliphatic rings. The second-order valence-corrected chi connectivity index (χ2v) is 8.20. The van der Waals surface area contributed by atoms with Crippen LogP contribution in [0.5, 0.6) is 0 Å². The van der Waals surface area contributed by atoms with Gasteiger partial charge in [0.25, 0.3) is 0 Å². The number of nitrogens with one attached hydrogen (secondary N) is 2. The monoisotopic (exact) mass is 390 g/mol. The molecule has 0 heterocycles. The Morgan fingerprint density at radius 1 is 1.11 bits per heavy atom. The predicted octanol–water partition coefficient (Wildman–Crippen LogP) is 2.79. The molecule has 6 nitrogen and oxygen atoms in total. The topological polar surface area (TPSA) is 95.5 Å². The first kappa shape index (κ1) is 21.1. The third-order valence-electron chi connectivity index (χ3n) is 4.32. The van der Waals surface area contributed by atoms with Crippen molar-refractivity contribution in [2.24, 2.45) is 0 Å². The van der Waals surface area contributed by atoms with E-state index in [1.54, 1.807) is 19.1 Å². The Balaban J connectivity index is 2.04. The predicted molar refractivity (Wildman–Crippen MR) is 106 cm³/mol.